The number of carbonyl (C=O) groups excluding carboxylic acids is 1. The van der Waals surface area contributed by atoms with Crippen LogP contribution in [0.15, 0.2) is 11.1 Å². The minimum Gasteiger partial charge on any atom is -0.462 e. The van der Waals surface area contributed by atoms with Gasteiger partial charge < -0.3 is 20.9 Å². The Bertz CT molecular complexity index is 755. The summed E-state index contributed by atoms with van der Waals surface area (Å²) in [5.41, 5.74) is 11.4. The zero-order valence-electron chi connectivity index (χ0n) is 13.7. The second-order valence-corrected chi connectivity index (χ2v) is 5.45. The van der Waals surface area contributed by atoms with Crippen molar-refractivity contribution >= 4 is 23.1 Å². The van der Waals surface area contributed by atoms with E-state index in [9.17, 15) is 9.59 Å². The van der Waals surface area contributed by atoms with Crippen molar-refractivity contribution in [1.29, 1.82) is 0 Å². The number of hydrogen-bond acceptors (Lipinski definition) is 8. The molecule has 0 aromatic carbocycles. The van der Waals surface area contributed by atoms with Crippen LogP contribution in [0.3, 0.4) is 0 Å². The molecule has 0 amide bonds. The molecule has 0 bridgehead atoms. The molecule has 5 N–H and O–H groups in total. The molecule has 0 saturated heterocycles. The zero-order valence-corrected chi connectivity index (χ0v) is 13.7. The van der Waals surface area contributed by atoms with Gasteiger partial charge in [-0.25, -0.2) is 4.98 Å². The molecule has 0 radical (unpaired) electrons. The van der Waals surface area contributed by atoms with Crippen LogP contribution in [0.25, 0.3) is 11.2 Å². The summed E-state index contributed by atoms with van der Waals surface area (Å²) in [4.78, 5) is 33.7. The maximum atomic E-state index is 11.7. The van der Waals surface area contributed by atoms with E-state index in [1.165, 1.54) is 10.9 Å². The lowest BCUT2D eigenvalue weighted by Crippen LogP contribution is -2.38. The van der Waals surface area contributed by atoms with Gasteiger partial charge in [0.15, 0.2) is 11.2 Å². The van der Waals surface area contributed by atoms with E-state index in [0.717, 1.165) is 6.42 Å². The molecule has 0 fully saturated rings. The Morgan fingerprint density at radius 1 is 1.46 bits per heavy atom. The van der Waals surface area contributed by atoms with Gasteiger partial charge in [-0.05, 0) is 5.92 Å². The number of nitrogens with zero attached hydrogens (tertiary/aromatic N) is 3. The first-order valence-electron chi connectivity index (χ1n) is 7.64. The number of nitrogen functional groups attached to an aromatic ring is 1. The summed E-state index contributed by atoms with van der Waals surface area (Å²) in [6, 6.07) is -0.633. The number of carbonyl (C=O) groups is 1. The molecule has 2 aromatic heterocycles. The van der Waals surface area contributed by atoms with Gasteiger partial charge in [0, 0.05) is 0 Å². The first-order chi connectivity index (χ1) is 11.4. The molecular formula is C14H22N6O4. The van der Waals surface area contributed by atoms with Crippen molar-refractivity contribution in [2.75, 3.05) is 18.9 Å². The average Bonchev–Trinajstić information content (AvgIpc) is 2.96. The predicted molar refractivity (Wildman–Crippen MR) is 86.9 cm³/mol. The van der Waals surface area contributed by atoms with Crippen molar-refractivity contribution in [2.45, 2.75) is 33.0 Å². The van der Waals surface area contributed by atoms with E-state index in [1.807, 2.05) is 13.8 Å². The lowest BCUT2D eigenvalue weighted by atomic mass is 10.0. The molecule has 2 heterocycles. The normalized spacial score (nSPS) is 13.8. The van der Waals surface area contributed by atoms with Gasteiger partial charge in [0.1, 0.15) is 19.4 Å². The highest BCUT2D eigenvalue weighted by molar-refractivity contribution is 5.75. The summed E-state index contributed by atoms with van der Waals surface area (Å²) in [7, 11) is 0. The number of nitrogens with two attached hydrogens (primary N) is 2. The first kappa shape index (κ1) is 17.9. The number of nitrogens with one attached hydrogen (secondary N) is 1. The Hall–Kier alpha value is -2.46. The first-order valence-corrected chi connectivity index (χ1v) is 7.64. The molecule has 2 rings (SSSR count). The predicted octanol–water partition coefficient (Wildman–Crippen LogP) is -0.407. The van der Waals surface area contributed by atoms with Gasteiger partial charge in [-0.2, -0.15) is 4.98 Å². The third-order valence-electron chi connectivity index (χ3n) is 3.72. The maximum absolute atomic E-state index is 11.7. The second kappa shape index (κ2) is 7.88. The number of H-pyrrole nitrogens is 1. The summed E-state index contributed by atoms with van der Waals surface area (Å²) in [6.45, 7) is 4.22. The van der Waals surface area contributed by atoms with Crippen LogP contribution in [-0.4, -0.2) is 44.7 Å². The third kappa shape index (κ3) is 4.09. The van der Waals surface area contributed by atoms with Crippen LogP contribution >= 0.6 is 0 Å². The fraction of sp³-hybridized carbons (Fsp3) is 0.571. The molecule has 2 unspecified atom stereocenters. The number of ether oxygens (including phenoxy) is 2. The van der Waals surface area contributed by atoms with E-state index >= 15 is 0 Å². The lowest BCUT2D eigenvalue weighted by Gasteiger charge is -2.16. The Morgan fingerprint density at radius 2 is 2.21 bits per heavy atom. The quantitative estimate of drug-likeness (QED) is 0.434. The summed E-state index contributed by atoms with van der Waals surface area (Å²) in [5, 5.41) is 0. The highest BCUT2D eigenvalue weighted by Crippen LogP contribution is 2.07. The molecule has 0 spiro atoms. The number of fused-ring (bicyclic) bond motifs is 1. The van der Waals surface area contributed by atoms with Gasteiger partial charge in [0.2, 0.25) is 5.95 Å². The minimum absolute atomic E-state index is 0.00205. The maximum Gasteiger partial charge on any atom is 0.323 e. The Kier molecular flexibility index (Phi) is 5.88. The van der Waals surface area contributed by atoms with Crippen molar-refractivity contribution in [3.05, 3.63) is 16.7 Å². The van der Waals surface area contributed by atoms with Crippen LogP contribution in [-0.2, 0) is 21.0 Å². The number of anilines is 1. The van der Waals surface area contributed by atoms with E-state index in [1.54, 1.807) is 0 Å². The summed E-state index contributed by atoms with van der Waals surface area (Å²) < 4.78 is 12.0. The second-order valence-electron chi connectivity index (χ2n) is 5.45. The number of rotatable bonds is 8. The van der Waals surface area contributed by atoms with E-state index in [-0.39, 0.29) is 37.3 Å². The number of imidazole rings is 1. The van der Waals surface area contributed by atoms with Crippen molar-refractivity contribution in [3.8, 4) is 0 Å². The Balaban J connectivity index is 1.81. The van der Waals surface area contributed by atoms with Gasteiger partial charge in [-0.3, -0.25) is 19.1 Å². The fourth-order valence-electron chi connectivity index (χ4n) is 2.01. The monoisotopic (exact) mass is 338 g/mol. The van der Waals surface area contributed by atoms with Gasteiger partial charge in [-0.15, -0.1) is 0 Å². The highest BCUT2D eigenvalue weighted by atomic mass is 16.6. The van der Waals surface area contributed by atoms with Crippen LogP contribution < -0.4 is 17.0 Å². The van der Waals surface area contributed by atoms with Crippen molar-refractivity contribution in [3.63, 3.8) is 0 Å². The average molecular weight is 338 g/mol. The molecule has 24 heavy (non-hydrogen) atoms. The van der Waals surface area contributed by atoms with Crippen LogP contribution in [0.2, 0.25) is 0 Å². The van der Waals surface area contributed by atoms with Gasteiger partial charge in [0.25, 0.3) is 5.56 Å². The molecule has 0 aliphatic rings. The molecule has 2 aromatic rings. The highest BCUT2D eigenvalue weighted by Gasteiger charge is 2.20. The SMILES string of the molecule is CCC(C)C(N)C(=O)OCCOCn1cnc2c(=O)[nH]c(N)nc21. The van der Waals surface area contributed by atoms with Crippen molar-refractivity contribution in [2.24, 2.45) is 11.7 Å². The zero-order chi connectivity index (χ0) is 17.7. The molecular weight excluding hydrogens is 316 g/mol. The van der Waals surface area contributed by atoms with Crippen LogP contribution in [0.5, 0.6) is 0 Å². The lowest BCUT2D eigenvalue weighted by molar-refractivity contribution is -0.148. The number of hydrogen-bond donors (Lipinski definition) is 3. The Labute approximate surface area is 138 Å². The molecule has 132 valence electrons. The summed E-state index contributed by atoms with van der Waals surface area (Å²) in [5.74, 6) is -0.380. The summed E-state index contributed by atoms with van der Waals surface area (Å²) >= 11 is 0. The summed E-state index contributed by atoms with van der Waals surface area (Å²) in [6.07, 6.45) is 2.23. The van der Waals surface area contributed by atoms with Crippen LogP contribution in [0.4, 0.5) is 5.95 Å². The number of aromatic nitrogens is 4. The van der Waals surface area contributed by atoms with Gasteiger partial charge >= 0.3 is 5.97 Å². The molecule has 2 atom stereocenters. The minimum atomic E-state index is -0.633. The number of aromatic amines is 1. The van der Waals surface area contributed by atoms with Crippen LogP contribution in [0.1, 0.15) is 20.3 Å². The van der Waals surface area contributed by atoms with E-state index in [0.29, 0.717) is 5.65 Å². The topological polar surface area (TPSA) is 151 Å². The fourth-order valence-corrected chi connectivity index (χ4v) is 2.01. The van der Waals surface area contributed by atoms with E-state index < -0.39 is 17.6 Å². The number of esters is 1. The van der Waals surface area contributed by atoms with Crippen molar-refractivity contribution < 1.29 is 14.3 Å². The van der Waals surface area contributed by atoms with Gasteiger partial charge in [0.05, 0.1) is 12.9 Å². The standard InChI is InChI=1S/C14H22N6O4/c1-3-8(2)9(15)13(22)24-5-4-23-7-20-6-17-10-11(20)18-14(16)19-12(10)21/h6,8-9H,3-5,7,15H2,1-2H3,(H3,16,18,19,21). The third-order valence-corrected chi connectivity index (χ3v) is 3.72. The van der Waals surface area contributed by atoms with Crippen LogP contribution in [0, 0.1) is 5.92 Å². The van der Waals surface area contributed by atoms with E-state index in [4.69, 9.17) is 20.9 Å². The van der Waals surface area contributed by atoms with Gasteiger partial charge in [-0.1, -0.05) is 20.3 Å². The van der Waals surface area contributed by atoms with E-state index in [2.05, 4.69) is 15.0 Å². The molecule has 0 aliphatic carbocycles. The molecule has 10 heteroatoms. The molecule has 10 nitrogen and oxygen atoms in total. The smallest absolute Gasteiger partial charge is 0.323 e. The van der Waals surface area contributed by atoms with Crippen molar-refractivity contribution in [1.82, 2.24) is 19.5 Å². The molecule has 0 aliphatic heterocycles. The largest absolute Gasteiger partial charge is 0.462 e. The molecule has 0 saturated carbocycles. The Morgan fingerprint density at radius 3 is 2.92 bits per heavy atom.